The quantitative estimate of drug-likeness (QED) is 0.836. The highest BCUT2D eigenvalue weighted by Crippen LogP contribution is 2.31. The Balaban J connectivity index is 1.97. The van der Waals surface area contributed by atoms with Gasteiger partial charge in [0.15, 0.2) is 6.61 Å². The summed E-state index contributed by atoms with van der Waals surface area (Å²) < 4.78 is 45.0. The summed E-state index contributed by atoms with van der Waals surface area (Å²) in [6.45, 7) is 1.36. The Morgan fingerprint density at radius 1 is 1.38 bits per heavy atom. The molecule has 0 aliphatic carbocycles. The maximum atomic E-state index is 12.8. The first-order valence-corrected chi connectivity index (χ1v) is 7.05. The van der Waals surface area contributed by atoms with Gasteiger partial charge in [0.25, 0.3) is 5.91 Å². The van der Waals surface area contributed by atoms with Crippen molar-refractivity contribution in [1.29, 1.82) is 0 Å². The fourth-order valence-corrected chi connectivity index (χ4v) is 2.04. The van der Waals surface area contributed by atoms with Crippen molar-refractivity contribution in [1.82, 2.24) is 19.7 Å². The van der Waals surface area contributed by atoms with Crippen molar-refractivity contribution in [3.8, 4) is 5.88 Å². The van der Waals surface area contributed by atoms with Crippen LogP contribution in [0.1, 0.15) is 16.8 Å². The molecule has 0 radical (unpaired) electrons. The van der Waals surface area contributed by atoms with E-state index in [2.05, 4.69) is 10.1 Å². The van der Waals surface area contributed by atoms with Crippen LogP contribution in [0.2, 0.25) is 0 Å². The Labute approximate surface area is 136 Å². The van der Waals surface area contributed by atoms with Gasteiger partial charge in [0, 0.05) is 44.2 Å². The highest BCUT2D eigenvalue weighted by Gasteiger charge is 2.31. The van der Waals surface area contributed by atoms with E-state index in [1.54, 1.807) is 31.2 Å². The molecule has 6 nitrogen and oxygen atoms in total. The molecule has 130 valence electrons. The Morgan fingerprint density at radius 3 is 2.67 bits per heavy atom. The summed E-state index contributed by atoms with van der Waals surface area (Å²) in [5.41, 5.74) is 0.138. The van der Waals surface area contributed by atoms with Crippen molar-refractivity contribution in [2.45, 2.75) is 19.6 Å². The third kappa shape index (κ3) is 4.71. The van der Waals surface area contributed by atoms with Crippen molar-refractivity contribution in [3.05, 3.63) is 41.3 Å². The fraction of sp³-hybridized carbons (Fsp3) is 0.400. The fourth-order valence-electron chi connectivity index (χ4n) is 2.04. The Bertz CT molecular complexity index is 728. The van der Waals surface area contributed by atoms with Crippen molar-refractivity contribution in [2.24, 2.45) is 7.05 Å². The van der Waals surface area contributed by atoms with Gasteiger partial charge in [0.1, 0.15) is 0 Å². The Hall–Kier alpha value is -2.58. The van der Waals surface area contributed by atoms with Crippen LogP contribution in [0.25, 0.3) is 0 Å². The van der Waals surface area contributed by atoms with Gasteiger partial charge in [0.05, 0.1) is 11.8 Å². The molecule has 0 fully saturated rings. The first kappa shape index (κ1) is 17.8. The average molecular weight is 342 g/mol. The molecule has 0 saturated heterocycles. The number of halogens is 3. The second-order valence-electron chi connectivity index (χ2n) is 5.39. The largest absolute Gasteiger partial charge is 0.468 e. The number of pyridine rings is 1. The molecule has 0 atom stereocenters. The molecule has 2 rings (SSSR count). The van der Waals surface area contributed by atoms with Crippen LogP contribution in [0, 0.1) is 6.92 Å². The Morgan fingerprint density at radius 2 is 2.08 bits per heavy atom. The minimum absolute atomic E-state index is 0.163. The maximum absolute atomic E-state index is 12.8. The van der Waals surface area contributed by atoms with Gasteiger partial charge < -0.3 is 9.64 Å². The zero-order chi connectivity index (χ0) is 17.9. The van der Waals surface area contributed by atoms with E-state index in [4.69, 9.17) is 4.74 Å². The number of hydrogen-bond acceptors (Lipinski definition) is 4. The number of amides is 1. The van der Waals surface area contributed by atoms with Gasteiger partial charge in [-0.3, -0.25) is 9.48 Å². The van der Waals surface area contributed by atoms with Crippen molar-refractivity contribution >= 4 is 5.91 Å². The van der Waals surface area contributed by atoms with E-state index in [9.17, 15) is 18.0 Å². The third-order valence-electron chi connectivity index (χ3n) is 3.20. The van der Waals surface area contributed by atoms with Gasteiger partial charge >= 0.3 is 6.18 Å². The molecule has 1 amide bonds. The van der Waals surface area contributed by atoms with E-state index < -0.39 is 18.3 Å². The lowest BCUT2D eigenvalue weighted by Gasteiger charge is -2.17. The number of ether oxygens (including phenoxy) is 1. The van der Waals surface area contributed by atoms with Crippen LogP contribution in [0.5, 0.6) is 5.88 Å². The van der Waals surface area contributed by atoms with Gasteiger partial charge in [0.2, 0.25) is 5.88 Å². The molecular weight excluding hydrogens is 325 g/mol. The maximum Gasteiger partial charge on any atom is 0.416 e. The summed E-state index contributed by atoms with van der Waals surface area (Å²) >= 11 is 0. The van der Waals surface area contributed by atoms with E-state index in [1.807, 2.05) is 0 Å². The topological polar surface area (TPSA) is 60.2 Å². The molecule has 9 heteroatoms. The first-order chi connectivity index (χ1) is 11.1. The molecule has 0 aromatic carbocycles. The molecular formula is C15H17F3N4O2. The SMILES string of the molecule is Cc1cc(C(F)(F)F)cc(OCC(=O)N(C)Cc2cnn(C)c2)n1. The van der Waals surface area contributed by atoms with Gasteiger partial charge in [-0.15, -0.1) is 0 Å². The number of carbonyl (C=O) groups is 1. The standard InChI is InChI=1S/C15H17F3N4O2/c1-10-4-12(15(16,17)18)5-13(20-10)24-9-14(23)21(2)7-11-6-19-22(3)8-11/h4-6,8H,7,9H2,1-3H3. The molecule has 24 heavy (non-hydrogen) atoms. The van der Waals surface area contributed by atoms with Crippen LogP contribution in [-0.2, 0) is 24.6 Å². The molecule has 0 bridgehead atoms. The molecule has 0 N–H and O–H groups in total. The lowest BCUT2D eigenvalue weighted by Crippen LogP contribution is -2.31. The number of carbonyl (C=O) groups excluding carboxylic acids is 1. The summed E-state index contributed by atoms with van der Waals surface area (Å²) in [5, 5.41) is 4.00. The number of rotatable bonds is 5. The van der Waals surface area contributed by atoms with Crippen LogP contribution in [0.4, 0.5) is 13.2 Å². The minimum atomic E-state index is -4.49. The summed E-state index contributed by atoms with van der Waals surface area (Å²) in [6.07, 6.45) is -1.10. The first-order valence-electron chi connectivity index (χ1n) is 7.05. The number of hydrogen-bond donors (Lipinski definition) is 0. The van der Waals surface area contributed by atoms with Crippen molar-refractivity contribution in [2.75, 3.05) is 13.7 Å². The average Bonchev–Trinajstić information content (AvgIpc) is 2.88. The number of nitrogens with zero attached hydrogens (tertiary/aromatic N) is 4. The highest BCUT2D eigenvalue weighted by molar-refractivity contribution is 5.77. The van der Waals surface area contributed by atoms with E-state index in [1.165, 1.54) is 11.8 Å². The van der Waals surface area contributed by atoms with Crippen LogP contribution >= 0.6 is 0 Å². The van der Waals surface area contributed by atoms with Gasteiger partial charge in [-0.25, -0.2) is 4.98 Å². The summed E-state index contributed by atoms with van der Waals surface area (Å²) in [4.78, 5) is 17.3. The zero-order valence-corrected chi connectivity index (χ0v) is 13.5. The molecule has 0 saturated carbocycles. The number of alkyl halides is 3. The Kier molecular flexibility index (Phi) is 5.10. The minimum Gasteiger partial charge on any atom is -0.468 e. The normalized spacial score (nSPS) is 11.4. The van der Waals surface area contributed by atoms with Gasteiger partial charge in [-0.2, -0.15) is 18.3 Å². The summed E-state index contributed by atoms with van der Waals surface area (Å²) in [6, 6.07) is 1.70. The van der Waals surface area contributed by atoms with E-state index in [0.717, 1.165) is 17.7 Å². The predicted octanol–water partition coefficient (Wildman–Crippen LogP) is 2.18. The summed E-state index contributed by atoms with van der Waals surface area (Å²) in [7, 11) is 3.33. The lowest BCUT2D eigenvalue weighted by atomic mass is 10.2. The highest BCUT2D eigenvalue weighted by atomic mass is 19.4. The van der Waals surface area contributed by atoms with Gasteiger partial charge in [-0.1, -0.05) is 0 Å². The number of likely N-dealkylation sites (N-methyl/N-ethyl adjacent to an activating group) is 1. The zero-order valence-electron chi connectivity index (χ0n) is 13.5. The van der Waals surface area contributed by atoms with Crippen LogP contribution in [0.3, 0.4) is 0 Å². The summed E-state index contributed by atoms with van der Waals surface area (Å²) in [5.74, 6) is -0.610. The van der Waals surface area contributed by atoms with Crippen LogP contribution in [-0.4, -0.2) is 39.2 Å². The van der Waals surface area contributed by atoms with Crippen molar-refractivity contribution in [3.63, 3.8) is 0 Å². The second kappa shape index (κ2) is 6.90. The molecule has 0 aliphatic heterocycles. The lowest BCUT2D eigenvalue weighted by molar-refractivity contribution is -0.137. The monoisotopic (exact) mass is 342 g/mol. The molecule has 2 heterocycles. The molecule has 2 aromatic rings. The third-order valence-corrected chi connectivity index (χ3v) is 3.20. The second-order valence-corrected chi connectivity index (χ2v) is 5.39. The van der Waals surface area contributed by atoms with Crippen molar-refractivity contribution < 1.29 is 22.7 Å². The molecule has 0 unspecified atom stereocenters. The van der Waals surface area contributed by atoms with E-state index in [-0.39, 0.29) is 17.5 Å². The van der Waals surface area contributed by atoms with Crippen LogP contribution < -0.4 is 4.74 Å². The van der Waals surface area contributed by atoms with E-state index in [0.29, 0.717) is 6.54 Å². The predicted molar refractivity (Wildman–Crippen MR) is 79.2 cm³/mol. The van der Waals surface area contributed by atoms with E-state index >= 15 is 0 Å². The number of aromatic nitrogens is 3. The van der Waals surface area contributed by atoms with Crippen LogP contribution in [0.15, 0.2) is 24.5 Å². The molecule has 0 aliphatic rings. The number of aryl methyl sites for hydroxylation is 2. The van der Waals surface area contributed by atoms with Gasteiger partial charge in [-0.05, 0) is 13.0 Å². The molecule has 0 spiro atoms. The molecule has 2 aromatic heterocycles. The smallest absolute Gasteiger partial charge is 0.416 e.